The molecule has 0 aliphatic heterocycles. The van der Waals surface area contributed by atoms with Crippen LogP contribution in [0.4, 0.5) is 0 Å². The van der Waals surface area contributed by atoms with E-state index in [2.05, 4.69) is 10.1 Å². The third-order valence-electron chi connectivity index (χ3n) is 1.56. The van der Waals surface area contributed by atoms with Gasteiger partial charge in [-0.05, 0) is 35.0 Å². The molecule has 0 fully saturated rings. The van der Waals surface area contributed by atoms with E-state index >= 15 is 0 Å². The molecule has 2 rings (SSSR count). The first-order chi connectivity index (χ1) is 6.66. The van der Waals surface area contributed by atoms with Crippen LogP contribution in [0, 0.1) is 0 Å². The summed E-state index contributed by atoms with van der Waals surface area (Å²) >= 11 is 17.2. The second kappa shape index (κ2) is 3.77. The summed E-state index contributed by atoms with van der Waals surface area (Å²) in [4.78, 5) is 3.83. The Kier molecular flexibility index (Phi) is 2.63. The first-order valence-corrected chi connectivity index (χ1v) is 4.75. The molecule has 0 saturated heterocycles. The number of aromatic nitrogens is 2. The Labute approximate surface area is 94.6 Å². The smallest absolute Gasteiger partial charge is 0.264 e. The average Bonchev–Trinajstić information content (AvgIpc) is 2.56. The summed E-state index contributed by atoms with van der Waals surface area (Å²) in [6.07, 6.45) is 0. The van der Waals surface area contributed by atoms with E-state index in [9.17, 15) is 0 Å². The van der Waals surface area contributed by atoms with Crippen molar-refractivity contribution in [1.82, 2.24) is 10.1 Å². The van der Waals surface area contributed by atoms with Crippen LogP contribution in [0.3, 0.4) is 0 Å². The highest BCUT2D eigenvalue weighted by Gasteiger charge is 2.11. The molecule has 0 atom stereocenters. The molecular weight excluding hydrogens is 246 g/mol. The maximum Gasteiger partial charge on any atom is 0.264 e. The van der Waals surface area contributed by atoms with Gasteiger partial charge in [0.05, 0.1) is 10.6 Å². The maximum absolute atomic E-state index is 5.91. The second-order valence-electron chi connectivity index (χ2n) is 2.49. The molecule has 0 spiro atoms. The van der Waals surface area contributed by atoms with Crippen LogP contribution in [0.2, 0.25) is 15.3 Å². The van der Waals surface area contributed by atoms with Gasteiger partial charge in [-0.3, -0.25) is 0 Å². The molecule has 14 heavy (non-hydrogen) atoms. The summed E-state index contributed by atoms with van der Waals surface area (Å²) in [6, 6.07) is 4.95. The lowest BCUT2D eigenvalue weighted by Gasteiger charge is -1.97. The van der Waals surface area contributed by atoms with Crippen LogP contribution < -0.4 is 0 Å². The lowest BCUT2D eigenvalue weighted by Crippen LogP contribution is -1.79. The second-order valence-corrected chi connectivity index (χ2v) is 3.67. The first-order valence-electron chi connectivity index (χ1n) is 3.61. The predicted octanol–water partition coefficient (Wildman–Crippen LogP) is 3.70. The van der Waals surface area contributed by atoms with Crippen LogP contribution in [-0.4, -0.2) is 10.1 Å². The van der Waals surface area contributed by atoms with Crippen molar-refractivity contribution < 1.29 is 4.52 Å². The van der Waals surface area contributed by atoms with E-state index in [1.165, 1.54) is 0 Å². The minimum atomic E-state index is 0.0380. The van der Waals surface area contributed by atoms with Gasteiger partial charge >= 0.3 is 0 Å². The van der Waals surface area contributed by atoms with Crippen molar-refractivity contribution in [1.29, 1.82) is 0 Å². The molecule has 1 heterocycles. The van der Waals surface area contributed by atoms with Crippen molar-refractivity contribution in [3.05, 3.63) is 33.5 Å². The van der Waals surface area contributed by atoms with Crippen molar-refractivity contribution in [2.75, 3.05) is 0 Å². The number of halogens is 3. The monoisotopic (exact) mass is 248 g/mol. The molecule has 0 saturated carbocycles. The largest absolute Gasteiger partial charge is 0.333 e. The minimum Gasteiger partial charge on any atom is -0.333 e. The highest BCUT2D eigenvalue weighted by Crippen LogP contribution is 2.29. The van der Waals surface area contributed by atoms with Crippen LogP contribution in [0.25, 0.3) is 11.5 Å². The molecule has 0 aliphatic carbocycles. The minimum absolute atomic E-state index is 0.0380. The number of hydrogen-bond donors (Lipinski definition) is 0. The highest BCUT2D eigenvalue weighted by atomic mass is 35.5. The number of nitrogens with zero attached hydrogens (tertiary/aromatic N) is 2. The van der Waals surface area contributed by atoms with Crippen molar-refractivity contribution in [3.8, 4) is 11.5 Å². The zero-order valence-electron chi connectivity index (χ0n) is 6.67. The molecule has 0 N–H and O–H groups in total. The summed E-state index contributed by atoms with van der Waals surface area (Å²) in [6.45, 7) is 0. The molecule has 2 aromatic rings. The zero-order valence-corrected chi connectivity index (χ0v) is 8.94. The molecular formula is C8H3Cl3N2O. The van der Waals surface area contributed by atoms with Crippen molar-refractivity contribution in [3.63, 3.8) is 0 Å². The Morgan fingerprint density at radius 1 is 1.14 bits per heavy atom. The SMILES string of the molecule is Clc1ccc(Cl)c(-c2nc(Cl)no2)c1. The maximum atomic E-state index is 5.91. The Hall–Kier alpha value is -0.770. The van der Waals surface area contributed by atoms with E-state index in [0.717, 1.165) is 0 Å². The Morgan fingerprint density at radius 2 is 1.93 bits per heavy atom. The van der Waals surface area contributed by atoms with Crippen LogP contribution in [0.1, 0.15) is 0 Å². The molecule has 3 nitrogen and oxygen atoms in total. The lowest BCUT2D eigenvalue weighted by atomic mass is 10.2. The molecule has 6 heteroatoms. The van der Waals surface area contributed by atoms with Gasteiger partial charge in [0.25, 0.3) is 11.2 Å². The molecule has 72 valence electrons. The van der Waals surface area contributed by atoms with Crippen molar-refractivity contribution >= 4 is 34.8 Å². The highest BCUT2D eigenvalue weighted by molar-refractivity contribution is 6.35. The standard InChI is InChI=1S/C8H3Cl3N2O/c9-4-1-2-6(10)5(3-4)7-12-8(11)13-14-7/h1-3H. The van der Waals surface area contributed by atoms with Gasteiger partial charge in [-0.1, -0.05) is 23.2 Å². The summed E-state index contributed by atoms with van der Waals surface area (Å²) in [5, 5.41) is 4.50. The van der Waals surface area contributed by atoms with Crippen LogP contribution >= 0.6 is 34.8 Å². The molecule has 0 amide bonds. The van der Waals surface area contributed by atoms with Gasteiger partial charge in [-0.15, -0.1) is 0 Å². The third-order valence-corrected chi connectivity index (χ3v) is 2.28. The Morgan fingerprint density at radius 3 is 2.57 bits per heavy atom. The van der Waals surface area contributed by atoms with Crippen LogP contribution in [0.5, 0.6) is 0 Å². The van der Waals surface area contributed by atoms with Gasteiger partial charge in [-0.2, -0.15) is 4.98 Å². The number of benzene rings is 1. The van der Waals surface area contributed by atoms with Gasteiger partial charge in [0.1, 0.15) is 0 Å². The fourth-order valence-electron chi connectivity index (χ4n) is 0.976. The Bertz CT molecular complexity index is 469. The molecule has 0 aliphatic rings. The summed E-state index contributed by atoms with van der Waals surface area (Å²) in [7, 11) is 0. The summed E-state index contributed by atoms with van der Waals surface area (Å²) in [5.41, 5.74) is 0.568. The normalized spacial score (nSPS) is 10.5. The molecule has 1 aromatic carbocycles. The van der Waals surface area contributed by atoms with E-state index in [-0.39, 0.29) is 11.2 Å². The van der Waals surface area contributed by atoms with Gasteiger partial charge in [-0.25, -0.2) is 0 Å². The predicted molar refractivity (Wildman–Crippen MR) is 54.8 cm³/mol. The van der Waals surface area contributed by atoms with Crippen molar-refractivity contribution in [2.45, 2.75) is 0 Å². The van der Waals surface area contributed by atoms with Crippen LogP contribution in [0.15, 0.2) is 22.7 Å². The van der Waals surface area contributed by atoms with Gasteiger partial charge in [0.15, 0.2) is 0 Å². The van der Waals surface area contributed by atoms with Gasteiger partial charge < -0.3 is 4.52 Å². The van der Waals surface area contributed by atoms with E-state index in [4.69, 9.17) is 39.3 Å². The van der Waals surface area contributed by atoms with E-state index in [0.29, 0.717) is 15.6 Å². The fraction of sp³-hybridized carbons (Fsp3) is 0. The number of hydrogen-bond acceptors (Lipinski definition) is 3. The topological polar surface area (TPSA) is 38.9 Å². The Balaban J connectivity index is 2.55. The molecule has 0 bridgehead atoms. The molecule has 1 aromatic heterocycles. The lowest BCUT2D eigenvalue weighted by molar-refractivity contribution is 0.430. The molecule has 0 unspecified atom stereocenters. The van der Waals surface area contributed by atoms with E-state index in [1.807, 2.05) is 0 Å². The van der Waals surface area contributed by atoms with E-state index < -0.39 is 0 Å². The summed E-state index contributed by atoms with van der Waals surface area (Å²) < 4.78 is 4.85. The third kappa shape index (κ3) is 1.85. The van der Waals surface area contributed by atoms with Gasteiger partial charge in [0.2, 0.25) is 0 Å². The quantitative estimate of drug-likeness (QED) is 0.773. The molecule has 0 radical (unpaired) electrons. The van der Waals surface area contributed by atoms with Crippen LogP contribution in [-0.2, 0) is 0 Å². The number of rotatable bonds is 1. The summed E-state index contributed by atoms with van der Waals surface area (Å²) in [5.74, 6) is 0.252. The van der Waals surface area contributed by atoms with Crippen molar-refractivity contribution in [2.24, 2.45) is 0 Å². The van der Waals surface area contributed by atoms with Gasteiger partial charge in [0, 0.05) is 5.02 Å². The van der Waals surface area contributed by atoms with E-state index in [1.54, 1.807) is 18.2 Å². The first kappa shape index (κ1) is 9.77. The fourth-order valence-corrected chi connectivity index (χ4v) is 1.46. The average molecular weight is 249 g/mol. The zero-order chi connectivity index (χ0) is 10.1.